The first kappa shape index (κ1) is 50.7. The molecule has 3 rings (SSSR count). The number of H-pyrrole nitrogens is 1. The summed E-state index contributed by atoms with van der Waals surface area (Å²) >= 11 is 1.35. The zero-order chi connectivity index (χ0) is 45.4. The molecule has 1 amide bonds. The average molecular weight is 870 g/mol. The molecular weight excluding hydrogens is 803 g/mol. The SMILES string of the molecule is CC/C(C)=C(/C=C1N=C(/C(C)=c2/cc(C)/c(=C/C=N/C)[nH]2)[C@@H](CCC(=O)N(C)CCCCCS[C@@H]2O[C@H](COC(C)=O)[C@@H](OC(C)=O)[C@H](OC(C)=O)[C@H]2OC(C)=O)[C@@H]\1C)NC. The number of aromatic amines is 1. The summed E-state index contributed by atoms with van der Waals surface area (Å²) in [4.78, 5) is 76.2. The molecule has 1 aromatic rings. The van der Waals surface area contributed by atoms with Gasteiger partial charge in [-0.05, 0) is 81.6 Å². The zero-order valence-electron chi connectivity index (χ0n) is 38.0. The summed E-state index contributed by atoms with van der Waals surface area (Å²) in [7, 11) is 5.51. The van der Waals surface area contributed by atoms with Crippen LogP contribution in [0.2, 0.25) is 0 Å². The van der Waals surface area contributed by atoms with E-state index in [2.05, 4.69) is 62.1 Å². The van der Waals surface area contributed by atoms with E-state index in [1.54, 1.807) is 18.2 Å². The van der Waals surface area contributed by atoms with Gasteiger partial charge < -0.3 is 38.9 Å². The number of carbonyl (C=O) groups excluding carboxylic acids is 5. The predicted octanol–water partition coefficient (Wildman–Crippen LogP) is 4.69. The molecule has 2 aliphatic rings. The number of thioether (sulfide) groups is 1. The van der Waals surface area contributed by atoms with Crippen LogP contribution in [0.1, 0.15) is 99.5 Å². The van der Waals surface area contributed by atoms with Crippen LogP contribution in [0.25, 0.3) is 11.6 Å². The van der Waals surface area contributed by atoms with Gasteiger partial charge in [0.05, 0.1) is 0 Å². The lowest BCUT2D eigenvalue weighted by molar-refractivity contribution is -0.237. The third-order valence-corrected chi connectivity index (χ3v) is 12.2. The number of aliphatic imine (C=N–C) groups is 2. The Morgan fingerprint density at radius 2 is 1.62 bits per heavy atom. The average Bonchev–Trinajstić information content (AvgIpc) is 3.73. The van der Waals surface area contributed by atoms with E-state index in [0.29, 0.717) is 25.1 Å². The number of esters is 4. The van der Waals surface area contributed by atoms with Gasteiger partial charge in [0.1, 0.15) is 18.1 Å². The number of hydrogen-bond acceptors (Lipinski definition) is 14. The highest BCUT2D eigenvalue weighted by atomic mass is 32.2. The third-order valence-electron chi connectivity index (χ3n) is 10.9. The van der Waals surface area contributed by atoms with E-state index in [0.717, 1.165) is 64.6 Å². The molecule has 1 saturated heterocycles. The van der Waals surface area contributed by atoms with Gasteiger partial charge in [-0.3, -0.25) is 34.0 Å². The van der Waals surface area contributed by atoms with Crippen molar-refractivity contribution < 1.29 is 47.7 Å². The maximum absolute atomic E-state index is 13.6. The van der Waals surface area contributed by atoms with Crippen LogP contribution >= 0.6 is 11.8 Å². The van der Waals surface area contributed by atoms with Gasteiger partial charge in [0, 0.05) is 108 Å². The van der Waals surface area contributed by atoms with Gasteiger partial charge in [-0.2, -0.15) is 0 Å². The number of aromatic nitrogens is 1. The van der Waals surface area contributed by atoms with E-state index in [9.17, 15) is 24.0 Å². The Balaban J connectivity index is 1.67. The molecule has 3 heterocycles. The number of likely N-dealkylation sites (N-methyl/N-ethyl adjacent to an activating group) is 1. The molecule has 1 aromatic heterocycles. The summed E-state index contributed by atoms with van der Waals surface area (Å²) in [6, 6.07) is 2.14. The minimum Gasteiger partial charge on any atom is -0.463 e. The smallest absolute Gasteiger partial charge is 0.303 e. The number of carbonyl (C=O) groups is 5. The lowest BCUT2D eigenvalue weighted by Gasteiger charge is -2.44. The van der Waals surface area contributed by atoms with Crippen molar-refractivity contribution in [3.8, 4) is 0 Å². The van der Waals surface area contributed by atoms with Gasteiger partial charge in [-0.15, -0.1) is 11.8 Å². The van der Waals surface area contributed by atoms with E-state index < -0.39 is 53.7 Å². The van der Waals surface area contributed by atoms with Crippen molar-refractivity contribution in [2.45, 2.75) is 131 Å². The van der Waals surface area contributed by atoms with Gasteiger partial charge >= 0.3 is 23.9 Å². The van der Waals surface area contributed by atoms with Gasteiger partial charge in [0.2, 0.25) is 5.91 Å². The molecule has 0 saturated carbocycles. The molecule has 61 heavy (non-hydrogen) atoms. The number of allylic oxidation sites excluding steroid dienone is 3. The normalized spacial score (nSPS) is 24.5. The summed E-state index contributed by atoms with van der Waals surface area (Å²) in [5.41, 5.74) is 5.64. The Morgan fingerprint density at radius 3 is 2.23 bits per heavy atom. The summed E-state index contributed by atoms with van der Waals surface area (Å²) in [5.74, 6) is -1.76. The molecule has 0 aromatic carbocycles. The molecule has 7 atom stereocenters. The maximum Gasteiger partial charge on any atom is 0.303 e. The fourth-order valence-corrected chi connectivity index (χ4v) is 8.63. The molecule has 0 aliphatic carbocycles. The standard InChI is InChI=1S/C45H67N5O10S/c1-13-26(2)36(47-11)24-38-28(4)34(41(49-38)29(5)37-23-27(3)35(48-37)19-20-46-10)17-18-40(55)50(12)21-15-14-16-22-61-45-44(59-33(9)54)43(58-32(8)53)42(57-31(7)52)39(60-45)25-56-30(6)51/h19-20,23-24,28,34,39,42-45,47-48H,13-18,21-22,25H2,1-12H3/b35-19-,36-26-,37-29-,38-24-,46-20+/t28-,34-,39+,42+,43-,44+,45-/m0/s1. The molecular formula is C45H67N5O10S. The van der Waals surface area contributed by atoms with Crippen LogP contribution in [0.4, 0.5) is 0 Å². The molecule has 338 valence electrons. The van der Waals surface area contributed by atoms with Crippen molar-refractivity contribution in [2.75, 3.05) is 40.0 Å². The Hall–Kier alpha value is -4.70. The second kappa shape index (κ2) is 24.7. The van der Waals surface area contributed by atoms with Gasteiger partial charge in [0.15, 0.2) is 18.3 Å². The first-order chi connectivity index (χ1) is 28.9. The van der Waals surface area contributed by atoms with E-state index in [1.165, 1.54) is 45.0 Å². The van der Waals surface area contributed by atoms with Gasteiger partial charge in [0.25, 0.3) is 0 Å². The monoisotopic (exact) mass is 869 g/mol. The molecule has 2 aliphatic heterocycles. The quantitative estimate of drug-likeness (QED) is 0.0798. The van der Waals surface area contributed by atoms with Crippen molar-refractivity contribution in [3.63, 3.8) is 0 Å². The lowest BCUT2D eigenvalue weighted by Crippen LogP contribution is -2.61. The zero-order valence-corrected chi connectivity index (χ0v) is 38.9. The summed E-state index contributed by atoms with van der Waals surface area (Å²) in [6.07, 6.45) is 5.66. The maximum atomic E-state index is 13.6. The Bertz CT molecular complexity index is 1970. The molecule has 0 bridgehead atoms. The van der Waals surface area contributed by atoms with Crippen molar-refractivity contribution in [2.24, 2.45) is 21.8 Å². The minimum atomic E-state index is -1.20. The molecule has 0 radical (unpaired) electrons. The van der Waals surface area contributed by atoms with E-state index in [-0.39, 0.29) is 24.3 Å². The summed E-state index contributed by atoms with van der Waals surface area (Å²) in [6.45, 7) is 15.8. The van der Waals surface area contributed by atoms with Crippen LogP contribution in [-0.2, 0) is 47.7 Å². The van der Waals surface area contributed by atoms with Crippen molar-refractivity contribution in [3.05, 3.63) is 45.4 Å². The summed E-state index contributed by atoms with van der Waals surface area (Å²) < 4.78 is 28.0. The molecule has 15 nitrogen and oxygen atoms in total. The number of rotatable bonds is 20. The van der Waals surface area contributed by atoms with Gasteiger partial charge in [-0.25, -0.2) is 0 Å². The lowest BCUT2D eigenvalue weighted by atomic mass is 9.84. The van der Waals surface area contributed by atoms with Crippen molar-refractivity contribution in [1.29, 1.82) is 0 Å². The number of amides is 1. The number of hydrogen-bond donors (Lipinski definition) is 2. The van der Waals surface area contributed by atoms with Crippen LogP contribution in [-0.4, -0.2) is 121 Å². The fraction of sp³-hybridized carbons (Fsp3) is 0.622. The van der Waals surface area contributed by atoms with Gasteiger partial charge in [-0.1, -0.05) is 25.8 Å². The predicted molar refractivity (Wildman–Crippen MR) is 238 cm³/mol. The number of ether oxygens (including phenoxy) is 5. The van der Waals surface area contributed by atoms with Crippen LogP contribution in [0.3, 0.4) is 0 Å². The number of aryl methyl sites for hydroxylation is 1. The highest BCUT2D eigenvalue weighted by Gasteiger charge is 2.52. The molecule has 0 spiro atoms. The number of nitrogens with one attached hydrogen (secondary N) is 2. The van der Waals surface area contributed by atoms with Crippen molar-refractivity contribution >= 4 is 65.1 Å². The first-order valence-corrected chi connectivity index (χ1v) is 22.1. The van der Waals surface area contributed by atoms with E-state index >= 15 is 0 Å². The van der Waals surface area contributed by atoms with E-state index in [4.69, 9.17) is 28.7 Å². The number of unbranched alkanes of at least 4 members (excludes halogenated alkanes) is 2. The van der Waals surface area contributed by atoms with Crippen molar-refractivity contribution in [1.82, 2.24) is 15.2 Å². The highest BCUT2D eigenvalue weighted by molar-refractivity contribution is 7.99. The number of nitrogens with zero attached hydrogens (tertiary/aromatic N) is 3. The minimum absolute atomic E-state index is 0.0464. The first-order valence-electron chi connectivity index (χ1n) is 21.0. The second-order valence-electron chi connectivity index (χ2n) is 15.6. The topological polar surface area (TPSA) is 187 Å². The molecule has 0 unspecified atom stereocenters. The Labute approximate surface area is 364 Å². The van der Waals surface area contributed by atoms with Crippen LogP contribution in [0.15, 0.2) is 39.1 Å². The molecule has 2 N–H and O–H groups in total. The fourth-order valence-electron chi connectivity index (χ4n) is 7.41. The molecule has 16 heteroatoms. The highest BCUT2D eigenvalue weighted by Crippen LogP contribution is 2.38. The van der Waals surface area contributed by atoms with Crippen LogP contribution in [0.5, 0.6) is 0 Å². The summed E-state index contributed by atoms with van der Waals surface area (Å²) in [5, 5.41) is 5.33. The third kappa shape index (κ3) is 15.0. The van der Waals surface area contributed by atoms with E-state index in [1.807, 2.05) is 20.2 Å². The molecule has 1 fully saturated rings. The second-order valence-corrected chi connectivity index (χ2v) is 16.8. The largest absolute Gasteiger partial charge is 0.463 e. The van der Waals surface area contributed by atoms with Crippen LogP contribution in [0, 0.1) is 18.8 Å². The Kier molecular flexibility index (Phi) is 20.5. The van der Waals surface area contributed by atoms with Crippen LogP contribution < -0.4 is 16.0 Å². The Morgan fingerprint density at radius 1 is 0.967 bits per heavy atom.